The monoisotopic (exact) mass is 180 g/mol. The van der Waals surface area contributed by atoms with Crippen molar-refractivity contribution in [3.63, 3.8) is 0 Å². The molecule has 1 aromatic heterocycles. The van der Waals surface area contributed by atoms with Gasteiger partial charge in [0, 0.05) is 5.41 Å². The number of aromatic amines is 1. The second-order valence-electron chi connectivity index (χ2n) is 3.84. The zero-order chi connectivity index (χ0) is 9.47. The molecule has 0 saturated heterocycles. The largest absolute Gasteiger partial charge is 0.502 e. The summed E-state index contributed by atoms with van der Waals surface area (Å²) in [5, 5.41) is 9.49. The molecule has 1 aliphatic carbocycles. The van der Waals surface area contributed by atoms with Crippen LogP contribution in [0.2, 0.25) is 0 Å². The van der Waals surface area contributed by atoms with Crippen molar-refractivity contribution in [1.82, 2.24) is 9.97 Å². The summed E-state index contributed by atoms with van der Waals surface area (Å²) in [5.41, 5.74) is 0.0128. The summed E-state index contributed by atoms with van der Waals surface area (Å²) in [6, 6.07) is 0. The maximum atomic E-state index is 11.1. The Morgan fingerprint density at radius 1 is 1.62 bits per heavy atom. The van der Waals surface area contributed by atoms with E-state index in [0.717, 1.165) is 19.3 Å². The van der Waals surface area contributed by atoms with Crippen LogP contribution in [0, 0.1) is 0 Å². The number of hydrogen-bond acceptors (Lipinski definition) is 3. The van der Waals surface area contributed by atoms with Gasteiger partial charge >= 0.3 is 0 Å². The highest BCUT2D eigenvalue weighted by molar-refractivity contribution is 5.31. The number of hydrogen-bond donors (Lipinski definition) is 2. The van der Waals surface area contributed by atoms with E-state index in [1.165, 1.54) is 6.33 Å². The molecule has 1 aromatic rings. The van der Waals surface area contributed by atoms with Gasteiger partial charge in [0.15, 0.2) is 0 Å². The molecule has 4 heteroatoms. The number of H-pyrrole nitrogens is 1. The molecule has 70 valence electrons. The van der Waals surface area contributed by atoms with Crippen molar-refractivity contribution in [3.8, 4) is 5.75 Å². The molecule has 0 unspecified atom stereocenters. The van der Waals surface area contributed by atoms with Crippen molar-refractivity contribution >= 4 is 0 Å². The maximum absolute atomic E-state index is 11.1. The molecule has 1 fully saturated rings. The average Bonchev–Trinajstić information content (AvgIpc) is 2.06. The van der Waals surface area contributed by atoms with Crippen molar-refractivity contribution in [3.05, 3.63) is 22.4 Å². The Labute approximate surface area is 75.6 Å². The van der Waals surface area contributed by atoms with Crippen molar-refractivity contribution in [1.29, 1.82) is 0 Å². The Kier molecular flexibility index (Phi) is 1.65. The quantitative estimate of drug-likeness (QED) is 0.675. The topological polar surface area (TPSA) is 66.0 Å². The minimum Gasteiger partial charge on any atom is -0.502 e. The van der Waals surface area contributed by atoms with Crippen LogP contribution in [0.15, 0.2) is 11.1 Å². The fraction of sp³-hybridized carbons (Fsp3) is 0.556. The minimum absolute atomic E-state index is 0.0850. The van der Waals surface area contributed by atoms with Gasteiger partial charge < -0.3 is 10.1 Å². The lowest BCUT2D eigenvalue weighted by atomic mass is 9.68. The van der Waals surface area contributed by atoms with Gasteiger partial charge in [-0.2, -0.15) is 0 Å². The first-order valence-corrected chi connectivity index (χ1v) is 4.41. The third-order valence-electron chi connectivity index (χ3n) is 2.86. The zero-order valence-corrected chi connectivity index (χ0v) is 7.50. The van der Waals surface area contributed by atoms with Crippen LogP contribution in [0.4, 0.5) is 0 Å². The number of aromatic nitrogens is 2. The molecule has 13 heavy (non-hydrogen) atoms. The van der Waals surface area contributed by atoms with E-state index in [1.807, 2.05) is 6.92 Å². The molecule has 0 radical (unpaired) electrons. The fourth-order valence-electron chi connectivity index (χ4n) is 1.78. The molecule has 0 bridgehead atoms. The van der Waals surface area contributed by atoms with Crippen LogP contribution >= 0.6 is 0 Å². The molecule has 2 N–H and O–H groups in total. The van der Waals surface area contributed by atoms with Gasteiger partial charge in [-0.1, -0.05) is 13.3 Å². The SMILES string of the molecule is CC1(c2nc[nH]c(=O)c2O)CCC1. The fourth-order valence-corrected chi connectivity index (χ4v) is 1.78. The Morgan fingerprint density at radius 3 is 2.85 bits per heavy atom. The molecule has 0 aromatic carbocycles. The lowest BCUT2D eigenvalue weighted by Crippen LogP contribution is -2.33. The smallest absolute Gasteiger partial charge is 0.293 e. The summed E-state index contributed by atoms with van der Waals surface area (Å²) in [6.45, 7) is 2.03. The van der Waals surface area contributed by atoms with Gasteiger partial charge in [-0.25, -0.2) is 4.98 Å². The van der Waals surface area contributed by atoms with Gasteiger partial charge in [0.25, 0.3) is 5.56 Å². The molecule has 1 aliphatic rings. The number of nitrogens with one attached hydrogen (secondary N) is 1. The van der Waals surface area contributed by atoms with Crippen LogP contribution < -0.4 is 5.56 Å². The van der Waals surface area contributed by atoms with Gasteiger partial charge in [0.05, 0.1) is 12.0 Å². The summed E-state index contributed by atoms with van der Waals surface area (Å²) >= 11 is 0. The number of rotatable bonds is 1. The summed E-state index contributed by atoms with van der Waals surface area (Å²) in [4.78, 5) is 17.5. The van der Waals surface area contributed by atoms with Crippen molar-refractivity contribution in [2.24, 2.45) is 0 Å². The molecule has 2 rings (SSSR count). The van der Waals surface area contributed by atoms with Gasteiger partial charge in [-0.3, -0.25) is 4.79 Å². The van der Waals surface area contributed by atoms with Gasteiger partial charge in [-0.05, 0) is 12.8 Å². The predicted octanol–water partition coefficient (Wildman–Crippen LogP) is 0.917. The third-order valence-corrected chi connectivity index (χ3v) is 2.86. The second-order valence-corrected chi connectivity index (χ2v) is 3.84. The van der Waals surface area contributed by atoms with E-state index < -0.39 is 5.56 Å². The van der Waals surface area contributed by atoms with E-state index >= 15 is 0 Å². The first-order valence-electron chi connectivity index (χ1n) is 4.41. The predicted molar refractivity (Wildman–Crippen MR) is 47.7 cm³/mol. The Balaban J connectivity index is 2.51. The Morgan fingerprint density at radius 2 is 2.31 bits per heavy atom. The van der Waals surface area contributed by atoms with E-state index in [0.29, 0.717) is 5.69 Å². The van der Waals surface area contributed by atoms with Crippen LogP contribution in [-0.4, -0.2) is 15.1 Å². The molecular formula is C9H12N2O2. The lowest BCUT2D eigenvalue weighted by molar-refractivity contribution is 0.253. The van der Waals surface area contributed by atoms with E-state index in [-0.39, 0.29) is 11.2 Å². The summed E-state index contributed by atoms with van der Waals surface area (Å²) in [6.07, 6.45) is 4.49. The molecule has 0 atom stereocenters. The van der Waals surface area contributed by atoms with Gasteiger partial charge in [-0.15, -0.1) is 0 Å². The Hall–Kier alpha value is -1.32. The number of aromatic hydroxyl groups is 1. The van der Waals surface area contributed by atoms with Crippen LogP contribution in [0.3, 0.4) is 0 Å². The first kappa shape index (κ1) is 8.29. The normalized spacial score (nSPS) is 19.5. The molecule has 4 nitrogen and oxygen atoms in total. The summed E-state index contributed by atoms with van der Waals surface area (Å²) < 4.78 is 0. The average molecular weight is 180 g/mol. The zero-order valence-electron chi connectivity index (χ0n) is 7.50. The second kappa shape index (κ2) is 2.58. The van der Waals surface area contributed by atoms with Crippen LogP contribution in [-0.2, 0) is 5.41 Å². The van der Waals surface area contributed by atoms with Crippen LogP contribution in [0.25, 0.3) is 0 Å². The van der Waals surface area contributed by atoms with E-state index in [2.05, 4.69) is 9.97 Å². The molecule has 1 saturated carbocycles. The minimum atomic E-state index is -0.446. The molecule has 0 spiro atoms. The van der Waals surface area contributed by atoms with Crippen molar-refractivity contribution in [2.75, 3.05) is 0 Å². The third kappa shape index (κ3) is 1.13. The lowest BCUT2D eigenvalue weighted by Gasteiger charge is -2.37. The van der Waals surface area contributed by atoms with Crippen molar-refractivity contribution in [2.45, 2.75) is 31.6 Å². The first-order chi connectivity index (χ1) is 6.13. The highest BCUT2D eigenvalue weighted by atomic mass is 16.3. The number of nitrogens with zero attached hydrogens (tertiary/aromatic N) is 1. The van der Waals surface area contributed by atoms with Crippen molar-refractivity contribution < 1.29 is 5.11 Å². The van der Waals surface area contributed by atoms with Gasteiger partial charge in [0.2, 0.25) is 5.75 Å². The molecule has 0 aliphatic heterocycles. The van der Waals surface area contributed by atoms with Gasteiger partial charge in [0.1, 0.15) is 0 Å². The molecular weight excluding hydrogens is 168 g/mol. The highest BCUT2D eigenvalue weighted by Crippen LogP contribution is 2.44. The molecule has 0 amide bonds. The highest BCUT2D eigenvalue weighted by Gasteiger charge is 2.37. The standard InChI is InChI=1S/C9H12N2O2/c1-9(3-2-4-9)7-6(12)8(13)11-5-10-7/h5,12H,2-4H2,1H3,(H,10,11,13). The summed E-state index contributed by atoms with van der Waals surface area (Å²) in [7, 11) is 0. The Bertz CT molecular complexity index is 379. The van der Waals surface area contributed by atoms with E-state index in [9.17, 15) is 9.90 Å². The summed E-state index contributed by atoms with van der Waals surface area (Å²) in [5.74, 6) is -0.218. The van der Waals surface area contributed by atoms with Crippen LogP contribution in [0.5, 0.6) is 5.75 Å². The van der Waals surface area contributed by atoms with E-state index in [4.69, 9.17) is 0 Å². The maximum Gasteiger partial charge on any atom is 0.293 e. The van der Waals surface area contributed by atoms with Crippen LogP contribution in [0.1, 0.15) is 31.9 Å². The molecule has 1 heterocycles. The van der Waals surface area contributed by atoms with E-state index in [1.54, 1.807) is 0 Å².